The van der Waals surface area contributed by atoms with Crippen molar-refractivity contribution in [3.05, 3.63) is 30.5 Å². The number of halogens is 1. The average molecular weight is 323 g/mol. The van der Waals surface area contributed by atoms with Crippen LogP contribution in [-0.2, 0) is 11.3 Å². The van der Waals surface area contributed by atoms with Crippen LogP contribution in [0.3, 0.4) is 0 Å². The van der Waals surface area contributed by atoms with E-state index < -0.39 is 0 Å². The summed E-state index contributed by atoms with van der Waals surface area (Å²) < 4.78 is 1.78. The molecule has 5 nitrogen and oxygen atoms in total. The molecule has 1 saturated heterocycles. The molecule has 2 heterocycles. The third-order valence-electron chi connectivity index (χ3n) is 4.41. The summed E-state index contributed by atoms with van der Waals surface area (Å²) >= 11 is 0. The minimum Gasteiger partial charge on any atom is -0.337 e. The topological polar surface area (TPSA) is 64.2 Å². The van der Waals surface area contributed by atoms with Gasteiger partial charge in [0.2, 0.25) is 5.91 Å². The quantitative estimate of drug-likeness (QED) is 0.940. The van der Waals surface area contributed by atoms with Gasteiger partial charge in [0.15, 0.2) is 0 Å². The second kappa shape index (κ2) is 7.11. The van der Waals surface area contributed by atoms with Crippen LogP contribution < -0.4 is 5.73 Å². The molecule has 1 aliphatic rings. The summed E-state index contributed by atoms with van der Waals surface area (Å²) in [6.07, 6.45) is 3.87. The van der Waals surface area contributed by atoms with Crippen LogP contribution in [0.25, 0.3) is 10.9 Å². The van der Waals surface area contributed by atoms with Crippen molar-refractivity contribution in [2.24, 2.45) is 11.7 Å². The molecule has 3 rings (SSSR count). The van der Waals surface area contributed by atoms with Crippen LogP contribution in [0.1, 0.15) is 19.8 Å². The highest BCUT2D eigenvalue weighted by Crippen LogP contribution is 2.22. The van der Waals surface area contributed by atoms with Crippen LogP contribution in [0.5, 0.6) is 0 Å². The summed E-state index contributed by atoms with van der Waals surface area (Å²) in [7, 11) is 0. The molecular weight excluding hydrogens is 300 g/mol. The van der Waals surface area contributed by atoms with E-state index in [-0.39, 0.29) is 24.4 Å². The predicted octanol–water partition coefficient (Wildman–Crippen LogP) is 2.04. The molecule has 0 radical (unpaired) electrons. The van der Waals surface area contributed by atoms with Crippen molar-refractivity contribution >= 4 is 29.2 Å². The highest BCUT2D eigenvalue weighted by atomic mass is 35.5. The number of nitrogens with zero attached hydrogens (tertiary/aromatic N) is 3. The number of para-hydroxylation sites is 1. The highest BCUT2D eigenvalue weighted by Gasteiger charge is 2.29. The Morgan fingerprint density at radius 1 is 1.41 bits per heavy atom. The Labute approximate surface area is 136 Å². The van der Waals surface area contributed by atoms with Crippen molar-refractivity contribution in [1.82, 2.24) is 14.7 Å². The van der Waals surface area contributed by atoms with E-state index in [9.17, 15) is 4.79 Å². The first-order valence-electron chi connectivity index (χ1n) is 7.59. The molecule has 0 spiro atoms. The van der Waals surface area contributed by atoms with Gasteiger partial charge in [-0.15, -0.1) is 12.4 Å². The normalized spacial score (nSPS) is 21.6. The van der Waals surface area contributed by atoms with Crippen LogP contribution in [0, 0.1) is 5.92 Å². The van der Waals surface area contributed by atoms with Gasteiger partial charge >= 0.3 is 0 Å². The first-order valence-corrected chi connectivity index (χ1v) is 7.59. The van der Waals surface area contributed by atoms with Crippen molar-refractivity contribution in [3.8, 4) is 0 Å². The lowest BCUT2D eigenvalue weighted by Gasteiger charge is -2.38. The Morgan fingerprint density at radius 2 is 2.18 bits per heavy atom. The fourth-order valence-electron chi connectivity index (χ4n) is 3.17. The van der Waals surface area contributed by atoms with Gasteiger partial charge in [0, 0.05) is 24.5 Å². The Morgan fingerprint density at radius 3 is 2.95 bits per heavy atom. The number of hydrogen-bond donors (Lipinski definition) is 1. The molecule has 2 atom stereocenters. The molecule has 1 fully saturated rings. The SMILES string of the molecule is CC1CCN(C(=O)Cn2ncc3ccccc32)C(CN)C1.Cl. The van der Waals surface area contributed by atoms with Gasteiger partial charge in [0.25, 0.3) is 0 Å². The summed E-state index contributed by atoms with van der Waals surface area (Å²) in [5.41, 5.74) is 6.84. The molecule has 6 heteroatoms. The highest BCUT2D eigenvalue weighted by molar-refractivity contribution is 5.85. The molecule has 2 aromatic rings. The smallest absolute Gasteiger partial charge is 0.244 e. The summed E-state index contributed by atoms with van der Waals surface area (Å²) in [6.45, 7) is 3.86. The second-order valence-corrected chi connectivity index (χ2v) is 5.97. The number of benzene rings is 1. The van der Waals surface area contributed by atoms with Crippen molar-refractivity contribution < 1.29 is 4.79 Å². The van der Waals surface area contributed by atoms with Crippen LogP contribution >= 0.6 is 12.4 Å². The van der Waals surface area contributed by atoms with Crippen molar-refractivity contribution in [3.63, 3.8) is 0 Å². The Hall–Kier alpha value is -1.59. The number of nitrogens with two attached hydrogens (primary N) is 1. The molecule has 0 saturated carbocycles. The number of aromatic nitrogens is 2. The molecule has 1 aromatic heterocycles. The zero-order valence-electron chi connectivity index (χ0n) is 12.8. The maximum atomic E-state index is 12.6. The third-order valence-corrected chi connectivity index (χ3v) is 4.41. The molecule has 1 aliphatic heterocycles. The van der Waals surface area contributed by atoms with Gasteiger partial charge in [-0.2, -0.15) is 5.10 Å². The molecule has 2 unspecified atom stereocenters. The molecule has 1 aromatic carbocycles. The summed E-state index contributed by atoms with van der Waals surface area (Å²) in [5, 5.41) is 5.40. The number of rotatable bonds is 3. The molecule has 0 aliphatic carbocycles. The van der Waals surface area contributed by atoms with Gasteiger partial charge in [-0.25, -0.2) is 0 Å². The maximum absolute atomic E-state index is 12.6. The van der Waals surface area contributed by atoms with E-state index in [4.69, 9.17) is 5.73 Å². The summed E-state index contributed by atoms with van der Waals surface area (Å²) in [5.74, 6) is 0.763. The van der Waals surface area contributed by atoms with E-state index in [0.29, 0.717) is 19.0 Å². The lowest BCUT2D eigenvalue weighted by atomic mass is 9.92. The lowest BCUT2D eigenvalue weighted by molar-refractivity contribution is -0.136. The number of amides is 1. The minimum absolute atomic E-state index is 0. The number of piperidine rings is 1. The number of carbonyl (C=O) groups is 1. The van der Waals surface area contributed by atoms with E-state index in [1.54, 1.807) is 10.9 Å². The van der Waals surface area contributed by atoms with E-state index in [2.05, 4.69) is 12.0 Å². The minimum atomic E-state index is 0. The van der Waals surface area contributed by atoms with Crippen LogP contribution in [0.2, 0.25) is 0 Å². The van der Waals surface area contributed by atoms with Crippen molar-refractivity contribution in [1.29, 1.82) is 0 Å². The van der Waals surface area contributed by atoms with Crippen molar-refractivity contribution in [2.75, 3.05) is 13.1 Å². The number of hydrogen-bond acceptors (Lipinski definition) is 3. The fourth-order valence-corrected chi connectivity index (χ4v) is 3.17. The zero-order chi connectivity index (χ0) is 14.8. The first kappa shape index (κ1) is 16.8. The van der Waals surface area contributed by atoms with Gasteiger partial charge < -0.3 is 10.6 Å². The van der Waals surface area contributed by atoms with E-state index in [1.165, 1.54) is 0 Å². The maximum Gasteiger partial charge on any atom is 0.244 e. The molecule has 0 bridgehead atoms. The van der Waals surface area contributed by atoms with Gasteiger partial charge in [-0.1, -0.05) is 25.1 Å². The van der Waals surface area contributed by atoms with Gasteiger partial charge in [0.1, 0.15) is 6.54 Å². The molecule has 1 amide bonds. The monoisotopic (exact) mass is 322 g/mol. The largest absolute Gasteiger partial charge is 0.337 e. The molecule has 2 N–H and O–H groups in total. The third kappa shape index (κ3) is 3.25. The summed E-state index contributed by atoms with van der Waals surface area (Å²) in [4.78, 5) is 14.5. The molecule has 120 valence electrons. The fraction of sp³-hybridized carbons (Fsp3) is 0.500. The van der Waals surface area contributed by atoms with E-state index in [0.717, 1.165) is 30.3 Å². The Balaban J connectivity index is 0.00000176. The Kier molecular flexibility index (Phi) is 5.42. The number of carbonyl (C=O) groups excluding carboxylic acids is 1. The van der Waals surface area contributed by atoms with Crippen LogP contribution in [-0.4, -0.2) is 39.7 Å². The predicted molar refractivity (Wildman–Crippen MR) is 89.9 cm³/mol. The standard InChI is InChI=1S/C16H22N4O.ClH/c1-12-6-7-19(14(8-12)9-17)16(21)11-20-15-5-3-2-4-13(15)10-18-20;/h2-5,10,12,14H,6-9,11,17H2,1H3;1H. The Bertz CT molecular complexity index is 642. The summed E-state index contributed by atoms with van der Waals surface area (Å²) in [6, 6.07) is 8.12. The van der Waals surface area contributed by atoms with E-state index >= 15 is 0 Å². The van der Waals surface area contributed by atoms with Crippen LogP contribution in [0.15, 0.2) is 30.5 Å². The second-order valence-electron chi connectivity index (χ2n) is 5.97. The van der Waals surface area contributed by atoms with Gasteiger partial charge in [-0.3, -0.25) is 9.48 Å². The zero-order valence-corrected chi connectivity index (χ0v) is 13.6. The number of likely N-dealkylation sites (tertiary alicyclic amines) is 1. The van der Waals surface area contributed by atoms with Crippen LogP contribution in [0.4, 0.5) is 0 Å². The molecule has 22 heavy (non-hydrogen) atoms. The van der Waals surface area contributed by atoms with Gasteiger partial charge in [-0.05, 0) is 24.8 Å². The van der Waals surface area contributed by atoms with Gasteiger partial charge in [0.05, 0.1) is 11.7 Å². The first-order chi connectivity index (χ1) is 10.2. The number of fused-ring (bicyclic) bond motifs is 1. The average Bonchev–Trinajstić information content (AvgIpc) is 2.90. The molecular formula is C16H23ClN4O. The van der Waals surface area contributed by atoms with E-state index in [1.807, 2.05) is 29.2 Å². The lowest BCUT2D eigenvalue weighted by Crippen LogP contribution is -2.50. The van der Waals surface area contributed by atoms with Crippen molar-refractivity contribution in [2.45, 2.75) is 32.4 Å².